The normalized spacial score (nSPS) is 16.8. The number of aldehydes is 1. The summed E-state index contributed by atoms with van der Waals surface area (Å²) in [5.41, 5.74) is 5.04. The molecule has 0 rings (SSSR count). The van der Waals surface area contributed by atoms with Crippen LogP contribution in [0, 0.1) is 0 Å². The van der Waals surface area contributed by atoms with E-state index in [2.05, 4.69) is 6.58 Å². The van der Waals surface area contributed by atoms with E-state index in [4.69, 9.17) is 10.8 Å². The molecule has 0 aromatic heterocycles. The minimum Gasteiger partial charge on any atom is -0.387 e. The minimum absolute atomic E-state index is 0.479. The van der Waals surface area contributed by atoms with Crippen LogP contribution >= 0.6 is 0 Å². The molecule has 3 heteroatoms. The van der Waals surface area contributed by atoms with Crippen LogP contribution in [0.5, 0.6) is 0 Å². The fourth-order valence-electron chi connectivity index (χ4n) is 0.238. The molecule has 0 bridgehead atoms. The van der Waals surface area contributed by atoms with Crippen molar-refractivity contribution in [2.75, 3.05) is 0 Å². The van der Waals surface area contributed by atoms with Gasteiger partial charge in [-0.15, -0.1) is 6.58 Å². The molecular weight excluding hydrogens is 106 g/mol. The molecule has 0 aromatic rings. The van der Waals surface area contributed by atoms with E-state index in [0.29, 0.717) is 6.29 Å². The molecule has 0 aliphatic heterocycles. The van der Waals surface area contributed by atoms with Gasteiger partial charge in [0.15, 0.2) is 0 Å². The highest BCUT2D eigenvalue weighted by atomic mass is 16.3. The molecule has 0 saturated heterocycles. The van der Waals surface area contributed by atoms with Gasteiger partial charge < -0.3 is 15.6 Å². The Morgan fingerprint density at radius 3 is 2.38 bits per heavy atom. The first kappa shape index (κ1) is 7.33. The highest BCUT2D eigenvalue weighted by molar-refractivity contribution is 5.58. The van der Waals surface area contributed by atoms with E-state index in [9.17, 15) is 4.79 Å². The second kappa shape index (κ2) is 3.35. The molecule has 0 spiro atoms. The lowest BCUT2D eigenvalue weighted by Crippen LogP contribution is -2.34. The summed E-state index contributed by atoms with van der Waals surface area (Å²) in [7, 11) is 0. The topological polar surface area (TPSA) is 63.3 Å². The first-order valence-corrected chi connectivity index (χ1v) is 2.24. The maximum Gasteiger partial charge on any atom is 0.139 e. The zero-order valence-corrected chi connectivity index (χ0v) is 4.45. The molecule has 0 radical (unpaired) electrons. The van der Waals surface area contributed by atoms with Gasteiger partial charge in [-0.25, -0.2) is 0 Å². The summed E-state index contributed by atoms with van der Waals surface area (Å²) in [5, 5.41) is 8.65. The number of nitrogens with two attached hydrogens (primary N) is 1. The first-order chi connectivity index (χ1) is 3.72. The largest absolute Gasteiger partial charge is 0.387 e. The molecule has 0 saturated carbocycles. The van der Waals surface area contributed by atoms with Gasteiger partial charge in [-0.1, -0.05) is 6.08 Å². The van der Waals surface area contributed by atoms with Gasteiger partial charge in [-0.3, -0.25) is 0 Å². The molecule has 0 amide bonds. The van der Waals surface area contributed by atoms with Gasteiger partial charge in [-0.05, 0) is 0 Å². The van der Waals surface area contributed by atoms with Crippen LogP contribution in [0.3, 0.4) is 0 Å². The van der Waals surface area contributed by atoms with Crippen LogP contribution in [0.2, 0.25) is 0 Å². The van der Waals surface area contributed by atoms with E-state index in [1.54, 1.807) is 0 Å². The lowest BCUT2D eigenvalue weighted by Gasteiger charge is -2.05. The Bertz CT molecular complexity index is 80.4. The maximum absolute atomic E-state index is 9.77. The molecule has 0 aliphatic carbocycles. The van der Waals surface area contributed by atoms with E-state index in [1.165, 1.54) is 6.08 Å². The third kappa shape index (κ3) is 1.86. The molecule has 8 heavy (non-hydrogen) atoms. The molecule has 3 nitrogen and oxygen atoms in total. The smallest absolute Gasteiger partial charge is 0.139 e. The lowest BCUT2D eigenvalue weighted by molar-refractivity contribution is -0.110. The van der Waals surface area contributed by atoms with Gasteiger partial charge in [0.2, 0.25) is 0 Å². The fourth-order valence-corrected chi connectivity index (χ4v) is 0.238. The highest BCUT2D eigenvalue weighted by Gasteiger charge is 2.07. The highest BCUT2D eigenvalue weighted by Crippen LogP contribution is 1.85. The van der Waals surface area contributed by atoms with Crippen molar-refractivity contribution < 1.29 is 9.90 Å². The molecule has 46 valence electrons. The van der Waals surface area contributed by atoms with Crippen molar-refractivity contribution in [1.29, 1.82) is 0 Å². The Labute approximate surface area is 47.8 Å². The summed E-state index contributed by atoms with van der Waals surface area (Å²) in [6.45, 7) is 3.24. The summed E-state index contributed by atoms with van der Waals surface area (Å²) in [4.78, 5) is 9.77. The molecule has 0 heterocycles. The van der Waals surface area contributed by atoms with E-state index in [1.807, 2.05) is 0 Å². The Hall–Kier alpha value is -0.670. The van der Waals surface area contributed by atoms with Crippen molar-refractivity contribution in [3.8, 4) is 0 Å². The van der Waals surface area contributed by atoms with Crippen molar-refractivity contribution in [2.24, 2.45) is 5.73 Å². The zero-order valence-electron chi connectivity index (χ0n) is 4.45. The molecule has 0 fully saturated rings. The Kier molecular flexibility index (Phi) is 3.07. The second-order valence-corrected chi connectivity index (χ2v) is 1.44. The summed E-state index contributed by atoms with van der Waals surface area (Å²) >= 11 is 0. The third-order valence-corrected chi connectivity index (χ3v) is 0.793. The Morgan fingerprint density at radius 1 is 1.75 bits per heavy atom. The zero-order chi connectivity index (χ0) is 6.57. The van der Waals surface area contributed by atoms with Gasteiger partial charge in [0, 0.05) is 0 Å². The van der Waals surface area contributed by atoms with Gasteiger partial charge >= 0.3 is 0 Å². The van der Waals surface area contributed by atoms with E-state index >= 15 is 0 Å². The molecule has 0 aliphatic rings. The third-order valence-electron chi connectivity index (χ3n) is 0.793. The van der Waals surface area contributed by atoms with Gasteiger partial charge in [0.25, 0.3) is 0 Å². The van der Waals surface area contributed by atoms with Crippen LogP contribution in [0.4, 0.5) is 0 Å². The standard InChI is InChI=1S/C5H9NO2/c1-2-5(8)4(6)3-7/h2-5,8H,1,6H2. The van der Waals surface area contributed by atoms with Crippen LogP contribution in [-0.2, 0) is 4.79 Å². The average molecular weight is 115 g/mol. The van der Waals surface area contributed by atoms with Crippen LogP contribution in [0.15, 0.2) is 12.7 Å². The number of carbonyl (C=O) groups excluding carboxylic acids is 1. The van der Waals surface area contributed by atoms with Crippen LogP contribution < -0.4 is 5.73 Å². The predicted molar refractivity (Wildman–Crippen MR) is 30.2 cm³/mol. The molecule has 2 atom stereocenters. The minimum atomic E-state index is -0.910. The van der Waals surface area contributed by atoms with Crippen molar-refractivity contribution in [1.82, 2.24) is 0 Å². The Balaban J connectivity index is 3.60. The molecular formula is C5H9NO2. The fraction of sp³-hybridized carbons (Fsp3) is 0.400. The molecule has 3 N–H and O–H groups in total. The number of carbonyl (C=O) groups is 1. The van der Waals surface area contributed by atoms with Crippen molar-refractivity contribution in [3.05, 3.63) is 12.7 Å². The Morgan fingerprint density at radius 2 is 2.25 bits per heavy atom. The second-order valence-electron chi connectivity index (χ2n) is 1.44. The number of hydrogen-bond acceptors (Lipinski definition) is 3. The summed E-state index contributed by atoms with van der Waals surface area (Å²) in [6.07, 6.45) is 0.790. The quantitative estimate of drug-likeness (QED) is 0.368. The maximum atomic E-state index is 9.77. The summed E-state index contributed by atoms with van der Waals surface area (Å²) in [5.74, 6) is 0. The first-order valence-electron chi connectivity index (χ1n) is 2.24. The van der Waals surface area contributed by atoms with E-state index in [-0.39, 0.29) is 0 Å². The van der Waals surface area contributed by atoms with E-state index < -0.39 is 12.1 Å². The van der Waals surface area contributed by atoms with Crippen LogP contribution in [0.1, 0.15) is 0 Å². The monoisotopic (exact) mass is 115 g/mol. The number of aliphatic hydroxyl groups is 1. The summed E-state index contributed by atoms with van der Waals surface area (Å²) in [6, 6.07) is -0.826. The lowest BCUT2D eigenvalue weighted by atomic mass is 10.2. The number of aliphatic hydroxyl groups excluding tert-OH is 1. The molecule has 0 aromatic carbocycles. The SMILES string of the molecule is C=CC(O)C(N)C=O. The van der Waals surface area contributed by atoms with Gasteiger partial charge in [0.1, 0.15) is 6.29 Å². The van der Waals surface area contributed by atoms with Crippen LogP contribution in [-0.4, -0.2) is 23.5 Å². The van der Waals surface area contributed by atoms with Crippen LogP contribution in [0.25, 0.3) is 0 Å². The molecule has 2 unspecified atom stereocenters. The van der Waals surface area contributed by atoms with E-state index in [0.717, 1.165) is 0 Å². The van der Waals surface area contributed by atoms with Crippen molar-refractivity contribution in [3.63, 3.8) is 0 Å². The van der Waals surface area contributed by atoms with Crippen molar-refractivity contribution in [2.45, 2.75) is 12.1 Å². The van der Waals surface area contributed by atoms with Gasteiger partial charge in [-0.2, -0.15) is 0 Å². The number of hydrogen-bond donors (Lipinski definition) is 2. The van der Waals surface area contributed by atoms with Crippen molar-refractivity contribution >= 4 is 6.29 Å². The summed E-state index contributed by atoms with van der Waals surface area (Å²) < 4.78 is 0. The van der Waals surface area contributed by atoms with Gasteiger partial charge in [0.05, 0.1) is 12.1 Å². The number of rotatable bonds is 3. The predicted octanol–water partition coefficient (Wildman–Crippen LogP) is -0.941. The average Bonchev–Trinajstić information content (AvgIpc) is 1.84.